The van der Waals surface area contributed by atoms with Crippen LogP contribution in [-0.2, 0) is 11.3 Å². The summed E-state index contributed by atoms with van der Waals surface area (Å²) in [5, 5.41) is 14.8. The van der Waals surface area contributed by atoms with Crippen LogP contribution in [-0.4, -0.2) is 37.0 Å². The Hall–Kier alpha value is -1.53. The molecule has 0 saturated carbocycles. The molecule has 6 nitrogen and oxygen atoms in total. The molecule has 0 fully saturated rings. The third-order valence-corrected chi connectivity index (χ3v) is 2.26. The maximum absolute atomic E-state index is 11.4. The number of nitrogens with one attached hydrogen (secondary N) is 2. The van der Waals surface area contributed by atoms with Gasteiger partial charge < -0.3 is 24.9 Å². The molecule has 1 rings (SSSR count). The van der Waals surface area contributed by atoms with E-state index in [-0.39, 0.29) is 19.2 Å². The van der Waals surface area contributed by atoms with Crippen LogP contribution in [0.15, 0.2) is 22.8 Å². The third-order valence-electron chi connectivity index (χ3n) is 2.26. The van der Waals surface area contributed by atoms with E-state index in [0.29, 0.717) is 24.8 Å². The van der Waals surface area contributed by atoms with E-state index < -0.39 is 6.10 Å². The molecule has 108 valence electrons. The summed E-state index contributed by atoms with van der Waals surface area (Å²) in [5.41, 5.74) is 0. The fraction of sp³-hybridized carbons (Fsp3) is 0.615. The summed E-state index contributed by atoms with van der Waals surface area (Å²) < 4.78 is 10.3. The molecule has 0 radical (unpaired) electrons. The number of aliphatic hydroxyl groups excluding tert-OH is 1. The minimum absolute atomic E-state index is 0.155. The fourth-order valence-corrected chi connectivity index (χ4v) is 1.35. The topological polar surface area (TPSA) is 83.7 Å². The molecule has 1 heterocycles. The lowest BCUT2D eigenvalue weighted by Gasteiger charge is -2.13. The molecule has 0 aliphatic rings. The maximum Gasteiger partial charge on any atom is 0.315 e. The average Bonchev–Trinajstić information content (AvgIpc) is 2.86. The van der Waals surface area contributed by atoms with E-state index in [2.05, 4.69) is 10.6 Å². The van der Waals surface area contributed by atoms with Crippen LogP contribution < -0.4 is 10.6 Å². The number of urea groups is 1. The van der Waals surface area contributed by atoms with Crippen molar-refractivity contribution < 1.29 is 19.1 Å². The molecule has 1 aromatic heterocycles. The molecule has 1 aromatic rings. The standard InChI is InChI=1S/C13H22N2O4/c1-10(2)8-18-9-11(16)6-14-13(17)15-7-12-4-3-5-19-12/h3-5,10-11,16H,6-9H2,1-2H3,(H2,14,15,17). The first-order valence-electron chi connectivity index (χ1n) is 6.37. The van der Waals surface area contributed by atoms with Gasteiger partial charge in [0.25, 0.3) is 0 Å². The van der Waals surface area contributed by atoms with Gasteiger partial charge >= 0.3 is 6.03 Å². The predicted octanol–water partition coefficient (Wildman–Crippen LogP) is 1.11. The molecule has 0 aliphatic carbocycles. The summed E-state index contributed by atoms with van der Waals surface area (Å²) in [4.78, 5) is 11.4. The van der Waals surface area contributed by atoms with E-state index in [1.807, 2.05) is 13.8 Å². The fourth-order valence-electron chi connectivity index (χ4n) is 1.35. The van der Waals surface area contributed by atoms with Gasteiger partial charge in [0.2, 0.25) is 0 Å². The van der Waals surface area contributed by atoms with Gasteiger partial charge in [0.05, 0.1) is 25.5 Å². The molecule has 0 saturated heterocycles. The monoisotopic (exact) mass is 270 g/mol. The van der Waals surface area contributed by atoms with Crippen LogP contribution in [0.25, 0.3) is 0 Å². The Morgan fingerprint density at radius 1 is 1.42 bits per heavy atom. The SMILES string of the molecule is CC(C)COCC(O)CNC(=O)NCc1ccco1. The van der Waals surface area contributed by atoms with Crippen molar-refractivity contribution in [3.8, 4) is 0 Å². The first kappa shape index (κ1) is 15.5. The first-order chi connectivity index (χ1) is 9.08. The molecule has 1 atom stereocenters. The summed E-state index contributed by atoms with van der Waals surface area (Å²) in [6.07, 6.45) is 0.846. The number of ether oxygens (including phenoxy) is 1. The third kappa shape index (κ3) is 7.48. The predicted molar refractivity (Wildman–Crippen MR) is 70.6 cm³/mol. The Morgan fingerprint density at radius 2 is 2.21 bits per heavy atom. The molecule has 3 N–H and O–H groups in total. The highest BCUT2D eigenvalue weighted by molar-refractivity contribution is 5.73. The maximum atomic E-state index is 11.4. The second-order valence-electron chi connectivity index (χ2n) is 4.73. The summed E-state index contributed by atoms with van der Waals surface area (Å²) in [7, 11) is 0. The number of furan rings is 1. The van der Waals surface area contributed by atoms with Crippen molar-refractivity contribution in [1.29, 1.82) is 0 Å². The minimum Gasteiger partial charge on any atom is -0.467 e. The Labute approximate surface area is 113 Å². The zero-order valence-corrected chi connectivity index (χ0v) is 11.4. The van der Waals surface area contributed by atoms with Crippen LogP contribution in [0.1, 0.15) is 19.6 Å². The van der Waals surface area contributed by atoms with Crippen LogP contribution in [0.5, 0.6) is 0 Å². The van der Waals surface area contributed by atoms with Gasteiger partial charge in [-0.2, -0.15) is 0 Å². The largest absolute Gasteiger partial charge is 0.467 e. The lowest BCUT2D eigenvalue weighted by atomic mass is 10.2. The number of hydrogen-bond donors (Lipinski definition) is 3. The van der Waals surface area contributed by atoms with E-state index in [4.69, 9.17) is 9.15 Å². The van der Waals surface area contributed by atoms with Gasteiger partial charge in [0.15, 0.2) is 0 Å². The molecule has 0 spiro atoms. The van der Waals surface area contributed by atoms with E-state index in [1.165, 1.54) is 0 Å². The summed E-state index contributed by atoms with van der Waals surface area (Å²) in [6.45, 7) is 5.36. The van der Waals surface area contributed by atoms with Gasteiger partial charge in [-0.05, 0) is 18.1 Å². The van der Waals surface area contributed by atoms with Crippen molar-refractivity contribution in [2.24, 2.45) is 5.92 Å². The average molecular weight is 270 g/mol. The van der Waals surface area contributed by atoms with Gasteiger partial charge in [-0.15, -0.1) is 0 Å². The minimum atomic E-state index is -0.701. The number of aliphatic hydroxyl groups is 1. The smallest absolute Gasteiger partial charge is 0.315 e. The Morgan fingerprint density at radius 3 is 2.84 bits per heavy atom. The zero-order chi connectivity index (χ0) is 14.1. The van der Waals surface area contributed by atoms with Crippen molar-refractivity contribution in [3.05, 3.63) is 24.2 Å². The summed E-state index contributed by atoms with van der Waals surface area (Å²) in [5.74, 6) is 1.10. The Kier molecular flexibility index (Phi) is 6.99. The van der Waals surface area contributed by atoms with Crippen LogP contribution in [0.4, 0.5) is 4.79 Å². The van der Waals surface area contributed by atoms with E-state index in [0.717, 1.165) is 0 Å². The summed E-state index contributed by atoms with van der Waals surface area (Å²) in [6, 6.07) is 3.18. The molecular formula is C13H22N2O4. The number of hydrogen-bond acceptors (Lipinski definition) is 4. The lowest BCUT2D eigenvalue weighted by molar-refractivity contribution is 0.0272. The van der Waals surface area contributed by atoms with Crippen LogP contribution in [0.3, 0.4) is 0 Å². The van der Waals surface area contributed by atoms with Crippen molar-refractivity contribution in [1.82, 2.24) is 10.6 Å². The lowest BCUT2D eigenvalue weighted by Crippen LogP contribution is -2.40. The van der Waals surface area contributed by atoms with Crippen molar-refractivity contribution in [2.45, 2.75) is 26.5 Å². The molecule has 0 aromatic carbocycles. The number of amides is 2. The quantitative estimate of drug-likeness (QED) is 0.661. The molecule has 1 unspecified atom stereocenters. The molecule has 0 aliphatic heterocycles. The van der Waals surface area contributed by atoms with E-state index in [1.54, 1.807) is 18.4 Å². The van der Waals surface area contributed by atoms with Gasteiger partial charge in [-0.25, -0.2) is 4.79 Å². The second-order valence-corrected chi connectivity index (χ2v) is 4.73. The number of carbonyl (C=O) groups is 1. The van der Waals surface area contributed by atoms with Crippen LogP contribution >= 0.6 is 0 Å². The highest BCUT2D eigenvalue weighted by Crippen LogP contribution is 1.98. The van der Waals surface area contributed by atoms with Crippen molar-refractivity contribution in [2.75, 3.05) is 19.8 Å². The molecule has 19 heavy (non-hydrogen) atoms. The number of rotatable bonds is 8. The molecule has 2 amide bonds. The zero-order valence-electron chi connectivity index (χ0n) is 11.4. The van der Waals surface area contributed by atoms with Crippen molar-refractivity contribution >= 4 is 6.03 Å². The molecule has 0 bridgehead atoms. The van der Waals surface area contributed by atoms with Gasteiger partial charge in [-0.1, -0.05) is 13.8 Å². The number of carbonyl (C=O) groups excluding carboxylic acids is 1. The van der Waals surface area contributed by atoms with E-state index >= 15 is 0 Å². The van der Waals surface area contributed by atoms with E-state index in [9.17, 15) is 9.90 Å². The van der Waals surface area contributed by atoms with Gasteiger partial charge in [0, 0.05) is 13.2 Å². The highest BCUT2D eigenvalue weighted by Gasteiger charge is 2.07. The van der Waals surface area contributed by atoms with Crippen LogP contribution in [0.2, 0.25) is 0 Å². The summed E-state index contributed by atoms with van der Waals surface area (Å²) >= 11 is 0. The van der Waals surface area contributed by atoms with Gasteiger partial charge in [0.1, 0.15) is 5.76 Å². The first-order valence-corrected chi connectivity index (χ1v) is 6.37. The Bertz CT molecular complexity index is 352. The highest BCUT2D eigenvalue weighted by atomic mass is 16.5. The molecular weight excluding hydrogens is 248 g/mol. The molecule has 6 heteroatoms. The van der Waals surface area contributed by atoms with Crippen molar-refractivity contribution in [3.63, 3.8) is 0 Å². The second kappa shape index (κ2) is 8.55. The van der Waals surface area contributed by atoms with Gasteiger partial charge in [-0.3, -0.25) is 0 Å². The Balaban J connectivity index is 2.05. The normalized spacial score (nSPS) is 12.4. The van der Waals surface area contributed by atoms with Crippen LogP contribution in [0, 0.1) is 5.92 Å².